The highest BCUT2D eigenvalue weighted by Gasteiger charge is 2.33. The van der Waals surface area contributed by atoms with E-state index in [2.05, 4.69) is 0 Å². The van der Waals surface area contributed by atoms with Crippen LogP contribution in [0.1, 0.15) is 51.4 Å². The van der Waals surface area contributed by atoms with Crippen LogP contribution in [0.5, 0.6) is 0 Å². The highest BCUT2D eigenvalue weighted by atomic mass is 16.3. The fraction of sp³-hybridized carbons (Fsp3) is 0.867. The van der Waals surface area contributed by atoms with Crippen molar-refractivity contribution in [2.75, 3.05) is 26.7 Å². The number of aliphatic hydroxyl groups is 1. The van der Waals surface area contributed by atoms with Crippen LogP contribution in [0.2, 0.25) is 0 Å². The first kappa shape index (κ1) is 15.3. The molecule has 0 aromatic carbocycles. The fourth-order valence-electron chi connectivity index (χ4n) is 3.21. The topological polar surface area (TPSA) is 60.9 Å². The first-order chi connectivity index (χ1) is 9.50. The van der Waals surface area contributed by atoms with Crippen molar-refractivity contribution >= 4 is 11.8 Å². The summed E-state index contributed by atoms with van der Waals surface area (Å²) in [5.74, 6) is 0.0180. The summed E-state index contributed by atoms with van der Waals surface area (Å²) in [5, 5.41) is 10.3. The van der Waals surface area contributed by atoms with Gasteiger partial charge in [-0.1, -0.05) is 19.3 Å². The number of amides is 2. The molecular weight excluding hydrogens is 256 g/mol. The van der Waals surface area contributed by atoms with Crippen molar-refractivity contribution in [2.24, 2.45) is 0 Å². The minimum absolute atomic E-state index is 0.0689. The minimum atomic E-state index is -0.715. The van der Waals surface area contributed by atoms with E-state index < -0.39 is 5.60 Å². The van der Waals surface area contributed by atoms with E-state index in [-0.39, 0.29) is 18.4 Å². The monoisotopic (exact) mass is 282 g/mol. The first-order valence-electron chi connectivity index (χ1n) is 7.74. The maximum atomic E-state index is 12.2. The number of carbonyl (C=O) groups excluding carboxylic acids is 2. The Labute approximate surface area is 120 Å². The molecule has 5 heteroatoms. The van der Waals surface area contributed by atoms with E-state index in [0.29, 0.717) is 19.5 Å². The summed E-state index contributed by atoms with van der Waals surface area (Å²) in [5.41, 5.74) is -0.715. The average Bonchev–Trinajstić information content (AvgIpc) is 2.72. The molecule has 0 aromatic rings. The maximum Gasteiger partial charge on any atom is 0.242 e. The second-order valence-electron chi connectivity index (χ2n) is 6.31. The predicted molar refractivity (Wildman–Crippen MR) is 76.1 cm³/mol. The zero-order valence-corrected chi connectivity index (χ0v) is 12.4. The number of likely N-dealkylation sites (tertiary alicyclic amines) is 1. The zero-order valence-electron chi connectivity index (χ0n) is 12.4. The third-order valence-corrected chi connectivity index (χ3v) is 4.49. The lowest BCUT2D eigenvalue weighted by molar-refractivity contribution is -0.141. The molecule has 5 nitrogen and oxygen atoms in total. The molecular formula is C15H26N2O3. The van der Waals surface area contributed by atoms with Gasteiger partial charge in [0.25, 0.3) is 0 Å². The van der Waals surface area contributed by atoms with E-state index in [1.165, 1.54) is 0 Å². The molecule has 0 aromatic heterocycles. The van der Waals surface area contributed by atoms with Crippen molar-refractivity contribution < 1.29 is 14.7 Å². The second kappa shape index (κ2) is 6.57. The van der Waals surface area contributed by atoms with E-state index in [9.17, 15) is 14.7 Å². The Morgan fingerprint density at radius 3 is 2.65 bits per heavy atom. The number of nitrogens with zero attached hydrogens (tertiary/aromatic N) is 2. The quantitative estimate of drug-likeness (QED) is 0.841. The first-order valence-corrected chi connectivity index (χ1v) is 7.74. The SMILES string of the molecule is CN(CC1(O)CCCC1)C(=O)CN1CCCCCC1=O. The van der Waals surface area contributed by atoms with Crippen LogP contribution < -0.4 is 0 Å². The van der Waals surface area contributed by atoms with Gasteiger partial charge in [0.1, 0.15) is 0 Å². The minimum Gasteiger partial charge on any atom is -0.388 e. The molecule has 0 bridgehead atoms. The normalized spacial score (nSPS) is 22.7. The number of likely N-dealkylation sites (N-methyl/N-ethyl adjacent to an activating group) is 1. The summed E-state index contributed by atoms with van der Waals surface area (Å²) in [6.45, 7) is 1.22. The van der Waals surface area contributed by atoms with Crippen LogP contribution in [0, 0.1) is 0 Å². The molecule has 1 N–H and O–H groups in total. The largest absolute Gasteiger partial charge is 0.388 e. The number of hydrogen-bond donors (Lipinski definition) is 1. The van der Waals surface area contributed by atoms with Gasteiger partial charge in [-0.3, -0.25) is 9.59 Å². The Kier molecular flexibility index (Phi) is 5.02. The van der Waals surface area contributed by atoms with Crippen LogP contribution in [0.15, 0.2) is 0 Å². The molecule has 0 unspecified atom stereocenters. The molecule has 20 heavy (non-hydrogen) atoms. The van der Waals surface area contributed by atoms with E-state index in [1.54, 1.807) is 16.8 Å². The molecule has 1 saturated carbocycles. The summed E-state index contributed by atoms with van der Waals surface area (Å²) < 4.78 is 0. The Morgan fingerprint density at radius 2 is 1.95 bits per heavy atom. The molecule has 1 heterocycles. The summed E-state index contributed by atoms with van der Waals surface area (Å²) in [6.07, 6.45) is 7.13. The summed E-state index contributed by atoms with van der Waals surface area (Å²) in [6, 6.07) is 0. The Balaban J connectivity index is 1.85. The van der Waals surface area contributed by atoms with Crippen molar-refractivity contribution in [1.29, 1.82) is 0 Å². The van der Waals surface area contributed by atoms with Crippen molar-refractivity contribution in [1.82, 2.24) is 9.80 Å². The summed E-state index contributed by atoms with van der Waals surface area (Å²) in [4.78, 5) is 27.4. The Morgan fingerprint density at radius 1 is 1.25 bits per heavy atom. The van der Waals surface area contributed by atoms with Gasteiger partial charge in [0.15, 0.2) is 0 Å². The predicted octanol–water partition coefficient (Wildman–Crippen LogP) is 1.15. The molecule has 0 atom stereocenters. The van der Waals surface area contributed by atoms with Gasteiger partial charge in [-0.25, -0.2) is 0 Å². The van der Waals surface area contributed by atoms with Gasteiger partial charge in [-0.2, -0.15) is 0 Å². The van der Waals surface area contributed by atoms with E-state index in [4.69, 9.17) is 0 Å². The standard InChI is InChI=1S/C15H26N2O3/c1-16(12-15(20)8-4-5-9-15)14(19)11-17-10-6-2-3-7-13(17)18/h20H,2-12H2,1H3. The second-order valence-corrected chi connectivity index (χ2v) is 6.31. The van der Waals surface area contributed by atoms with Gasteiger partial charge >= 0.3 is 0 Å². The molecule has 1 aliphatic carbocycles. The molecule has 2 amide bonds. The number of rotatable bonds is 4. The zero-order chi connectivity index (χ0) is 14.6. The van der Waals surface area contributed by atoms with Crippen LogP contribution in [0.25, 0.3) is 0 Å². The molecule has 114 valence electrons. The fourth-order valence-corrected chi connectivity index (χ4v) is 3.21. The molecule has 1 aliphatic heterocycles. The molecule has 2 fully saturated rings. The lowest BCUT2D eigenvalue weighted by Crippen LogP contribution is -2.46. The van der Waals surface area contributed by atoms with E-state index >= 15 is 0 Å². The summed E-state index contributed by atoms with van der Waals surface area (Å²) in [7, 11) is 1.72. The van der Waals surface area contributed by atoms with Crippen LogP contribution in [-0.2, 0) is 9.59 Å². The third-order valence-electron chi connectivity index (χ3n) is 4.49. The van der Waals surface area contributed by atoms with Gasteiger partial charge in [-0.05, 0) is 25.7 Å². The van der Waals surface area contributed by atoms with Gasteiger partial charge in [0, 0.05) is 26.6 Å². The van der Waals surface area contributed by atoms with Crippen molar-refractivity contribution in [3.63, 3.8) is 0 Å². The molecule has 2 rings (SSSR count). The van der Waals surface area contributed by atoms with Gasteiger partial charge in [-0.15, -0.1) is 0 Å². The van der Waals surface area contributed by atoms with Crippen molar-refractivity contribution in [3.8, 4) is 0 Å². The molecule has 2 aliphatic rings. The van der Waals surface area contributed by atoms with Crippen LogP contribution in [0.3, 0.4) is 0 Å². The summed E-state index contributed by atoms with van der Waals surface area (Å²) >= 11 is 0. The highest BCUT2D eigenvalue weighted by Crippen LogP contribution is 2.29. The highest BCUT2D eigenvalue weighted by molar-refractivity contribution is 5.84. The third kappa shape index (κ3) is 3.95. The average molecular weight is 282 g/mol. The Bertz CT molecular complexity index is 364. The van der Waals surface area contributed by atoms with Crippen molar-refractivity contribution in [2.45, 2.75) is 57.0 Å². The molecule has 1 saturated heterocycles. The lowest BCUT2D eigenvalue weighted by Gasteiger charge is -2.30. The van der Waals surface area contributed by atoms with E-state index in [1.807, 2.05) is 0 Å². The van der Waals surface area contributed by atoms with E-state index in [0.717, 1.165) is 44.9 Å². The molecule has 0 radical (unpaired) electrons. The van der Waals surface area contributed by atoms with Gasteiger partial charge in [0.2, 0.25) is 11.8 Å². The van der Waals surface area contributed by atoms with Gasteiger partial charge in [0.05, 0.1) is 12.1 Å². The number of hydrogen-bond acceptors (Lipinski definition) is 3. The van der Waals surface area contributed by atoms with Crippen molar-refractivity contribution in [3.05, 3.63) is 0 Å². The van der Waals surface area contributed by atoms with Gasteiger partial charge < -0.3 is 14.9 Å². The van der Waals surface area contributed by atoms with Crippen LogP contribution in [-0.4, -0.2) is 59.0 Å². The van der Waals surface area contributed by atoms with Crippen LogP contribution >= 0.6 is 0 Å². The Hall–Kier alpha value is -1.10. The smallest absolute Gasteiger partial charge is 0.242 e. The van der Waals surface area contributed by atoms with Crippen LogP contribution in [0.4, 0.5) is 0 Å². The number of carbonyl (C=O) groups is 2. The maximum absolute atomic E-state index is 12.2. The molecule has 0 spiro atoms. The lowest BCUT2D eigenvalue weighted by atomic mass is 10.0.